The number of benzene rings is 1. The summed E-state index contributed by atoms with van der Waals surface area (Å²) in [6.07, 6.45) is 1.69. The van der Waals surface area contributed by atoms with Crippen molar-refractivity contribution in [3.8, 4) is 16.9 Å². The number of nitrogens with one attached hydrogen (secondary N) is 1. The van der Waals surface area contributed by atoms with Crippen molar-refractivity contribution in [1.82, 2.24) is 14.7 Å². The smallest absolute Gasteiger partial charge is 0.251 e. The van der Waals surface area contributed by atoms with Gasteiger partial charge in [-0.2, -0.15) is 0 Å². The molecule has 0 aliphatic rings. The lowest BCUT2D eigenvalue weighted by Crippen LogP contribution is -2.20. The molecule has 0 saturated heterocycles. The maximum Gasteiger partial charge on any atom is 0.251 e. The molecule has 0 radical (unpaired) electrons. The van der Waals surface area contributed by atoms with Crippen molar-refractivity contribution < 1.29 is 9.26 Å². The SMILES string of the molecule is COc1cc2c(ccc(=O)n2Cc2ccc(/C(C(C)=N)=C(\C)N)cn2)cc1-c1c(C)noc1C. The third kappa shape index (κ3) is 4.10. The van der Waals surface area contributed by atoms with Crippen LogP contribution in [0.4, 0.5) is 0 Å². The Morgan fingerprint density at radius 3 is 2.50 bits per heavy atom. The van der Waals surface area contributed by atoms with Gasteiger partial charge in [0.1, 0.15) is 11.5 Å². The minimum absolute atomic E-state index is 0.140. The molecule has 3 heterocycles. The van der Waals surface area contributed by atoms with E-state index in [0.29, 0.717) is 34.2 Å². The van der Waals surface area contributed by atoms with Crippen LogP contribution in [0.5, 0.6) is 5.75 Å². The van der Waals surface area contributed by atoms with Crippen molar-refractivity contribution in [2.75, 3.05) is 7.11 Å². The highest BCUT2D eigenvalue weighted by atomic mass is 16.5. The van der Waals surface area contributed by atoms with Crippen LogP contribution in [0.2, 0.25) is 0 Å². The zero-order valence-electron chi connectivity index (χ0n) is 19.9. The largest absolute Gasteiger partial charge is 0.496 e. The number of aromatic nitrogens is 3. The van der Waals surface area contributed by atoms with Crippen LogP contribution in [0.1, 0.15) is 36.6 Å². The lowest BCUT2D eigenvalue weighted by molar-refractivity contribution is 0.393. The average Bonchev–Trinajstić information content (AvgIpc) is 3.13. The minimum Gasteiger partial charge on any atom is -0.496 e. The molecule has 0 fully saturated rings. The van der Waals surface area contributed by atoms with Gasteiger partial charge in [0.15, 0.2) is 0 Å². The molecule has 4 aromatic rings. The third-order valence-electron chi connectivity index (χ3n) is 5.82. The molecule has 174 valence electrons. The normalized spacial score (nSPS) is 12.0. The summed E-state index contributed by atoms with van der Waals surface area (Å²) in [7, 11) is 1.60. The molecule has 0 spiro atoms. The van der Waals surface area contributed by atoms with E-state index in [2.05, 4.69) is 10.1 Å². The van der Waals surface area contributed by atoms with Crippen LogP contribution in [-0.2, 0) is 6.54 Å². The first-order valence-electron chi connectivity index (χ1n) is 10.8. The molecular weight excluding hydrogens is 430 g/mol. The Morgan fingerprint density at radius 1 is 1.18 bits per heavy atom. The molecule has 0 aliphatic carbocycles. The number of hydrogen-bond acceptors (Lipinski definition) is 7. The van der Waals surface area contributed by atoms with E-state index < -0.39 is 0 Å². The maximum absolute atomic E-state index is 12.8. The standard InChI is InChI=1S/C26H27N5O3/c1-14(27)25(15(2)28)19-6-8-20(29-12-19)13-31-22-11-23(33-5)21(10-18(22)7-9-24(31)32)26-16(3)30-34-17(26)4/h6-12,27H,13,28H2,1-5H3/b25-15+,27-14?. The predicted molar refractivity (Wildman–Crippen MR) is 133 cm³/mol. The van der Waals surface area contributed by atoms with E-state index >= 15 is 0 Å². The Bertz CT molecular complexity index is 1470. The van der Waals surface area contributed by atoms with Crippen LogP contribution in [0.15, 0.2) is 57.6 Å². The monoisotopic (exact) mass is 457 g/mol. The Kier molecular flexibility index (Phi) is 6.06. The second-order valence-corrected chi connectivity index (χ2v) is 8.29. The van der Waals surface area contributed by atoms with Gasteiger partial charge in [-0.05, 0) is 51.3 Å². The van der Waals surface area contributed by atoms with Gasteiger partial charge in [-0.15, -0.1) is 0 Å². The number of nitrogens with zero attached hydrogens (tertiary/aromatic N) is 3. The molecule has 34 heavy (non-hydrogen) atoms. The summed E-state index contributed by atoms with van der Waals surface area (Å²) in [5.74, 6) is 1.33. The summed E-state index contributed by atoms with van der Waals surface area (Å²) in [4.78, 5) is 17.4. The molecule has 3 N–H and O–H groups in total. The van der Waals surface area contributed by atoms with Gasteiger partial charge in [-0.3, -0.25) is 9.78 Å². The lowest BCUT2D eigenvalue weighted by Gasteiger charge is -2.15. The molecule has 8 nitrogen and oxygen atoms in total. The van der Waals surface area contributed by atoms with E-state index in [-0.39, 0.29) is 12.1 Å². The summed E-state index contributed by atoms with van der Waals surface area (Å²) >= 11 is 0. The minimum atomic E-state index is -0.140. The molecule has 4 rings (SSSR count). The van der Waals surface area contributed by atoms with E-state index in [1.807, 2.05) is 38.1 Å². The van der Waals surface area contributed by atoms with Gasteiger partial charge in [0.25, 0.3) is 5.56 Å². The second kappa shape index (κ2) is 8.97. The first-order chi connectivity index (χ1) is 16.2. The molecule has 0 aliphatic heterocycles. The number of hydrogen-bond donors (Lipinski definition) is 2. The van der Waals surface area contributed by atoms with E-state index in [1.54, 1.807) is 43.9 Å². The second-order valence-electron chi connectivity index (χ2n) is 8.29. The first kappa shape index (κ1) is 23.0. The quantitative estimate of drug-likeness (QED) is 0.413. The number of rotatable bonds is 6. The Hall–Kier alpha value is -4.20. The van der Waals surface area contributed by atoms with E-state index in [0.717, 1.165) is 33.3 Å². The topological polar surface area (TPSA) is 120 Å². The van der Waals surface area contributed by atoms with Crippen LogP contribution in [0, 0.1) is 19.3 Å². The highest BCUT2D eigenvalue weighted by Gasteiger charge is 2.18. The molecule has 0 bridgehead atoms. The molecule has 8 heteroatoms. The van der Waals surface area contributed by atoms with Crippen LogP contribution in [-0.4, -0.2) is 27.5 Å². The molecule has 0 atom stereocenters. The fourth-order valence-corrected chi connectivity index (χ4v) is 4.29. The number of fused-ring (bicyclic) bond motifs is 1. The third-order valence-corrected chi connectivity index (χ3v) is 5.82. The Balaban J connectivity index is 1.79. The number of ether oxygens (including phenoxy) is 1. The summed E-state index contributed by atoms with van der Waals surface area (Å²) in [5, 5.41) is 12.9. The van der Waals surface area contributed by atoms with Gasteiger partial charge in [0.2, 0.25) is 0 Å². The Labute approximate surface area is 197 Å². The molecule has 3 aromatic heterocycles. The number of nitrogens with two attached hydrogens (primary N) is 1. The van der Waals surface area contributed by atoms with Gasteiger partial charge < -0.3 is 25.0 Å². The number of pyridine rings is 2. The van der Waals surface area contributed by atoms with Crippen molar-refractivity contribution in [1.29, 1.82) is 5.41 Å². The average molecular weight is 458 g/mol. The van der Waals surface area contributed by atoms with Crippen molar-refractivity contribution in [3.05, 3.63) is 81.4 Å². The van der Waals surface area contributed by atoms with E-state index in [9.17, 15) is 4.79 Å². The van der Waals surface area contributed by atoms with Crippen molar-refractivity contribution in [3.63, 3.8) is 0 Å². The highest BCUT2D eigenvalue weighted by Crippen LogP contribution is 2.37. The summed E-state index contributed by atoms with van der Waals surface area (Å²) in [6.45, 7) is 7.50. The molecular formula is C26H27N5O3. The van der Waals surface area contributed by atoms with Crippen LogP contribution >= 0.6 is 0 Å². The molecule has 1 aromatic carbocycles. The van der Waals surface area contributed by atoms with Crippen LogP contribution in [0.3, 0.4) is 0 Å². The zero-order chi connectivity index (χ0) is 24.6. The number of methoxy groups -OCH3 is 1. The van der Waals surface area contributed by atoms with Crippen molar-refractivity contribution in [2.45, 2.75) is 34.2 Å². The van der Waals surface area contributed by atoms with Crippen LogP contribution in [0.25, 0.3) is 27.6 Å². The number of allylic oxidation sites excluding steroid dienone is 2. The molecule has 0 amide bonds. The van der Waals surface area contributed by atoms with Gasteiger partial charge in [0, 0.05) is 46.4 Å². The van der Waals surface area contributed by atoms with E-state index in [4.69, 9.17) is 20.4 Å². The van der Waals surface area contributed by atoms with Gasteiger partial charge in [-0.25, -0.2) is 0 Å². The van der Waals surface area contributed by atoms with E-state index in [1.165, 1.54) is 0 Å². The summed E-state index contributed by atoms with van der Waals surface area (Å²) in [5.41, 5.74) is 12.1. The number of aryl methyl sites for hydroxylation is 2. The van der Waals surface area contributed by atoms with Crippen molar-refractivity contribution in [2.24, 2.45) is 5.73 Å². The van der Waals surface area contributed by atoms with Gasteiger partial charge >= 0.3 is 0 Å². The summed E-state index contributed by atoms with van der Waals surface area (Å²) in [6, 6.07) is 10.9. The van der Waals surface area contributed by atoms with Crippen LogP contribution < -0.4 is 16.0 Å². The van der Waals surface area contributed by atoms with Crippen molar-refractivity contribution >= 4 is 22.2 Å². The predicted octanol–water partition coefficient (Wildman–Crippen LogP) is 4.45. The summed E-state index contributed by atoms with van der Waals surface area (Å²) < 4.78 is 12.7. The fourth-order valence-electron chi connectivity index (χ4n) is 4.29. The van der Waals surface area contributed by atoms with Gasteiger partial charge in [-0.1, -0.05) is 11.2 Å². The van der Waals surface area contributed by atoms with Gasteiger partial charge in [0.05, 0.1) is 36.1 Å². The Morgan fingerprint density at radius 2 is 1.94 bits per heavy atom. The maximum atomic E-state index is 12.8. The molecule has 0 unspecified atom stereocenters. The molecule has 0 saturated carbocycles. The first-order valence-corrected chi connectivity index (χ1v) is 10.8. The highest BCUT2D eigenvalue weighted by molar-refractivity contribution is 6.21. The zero-order valence-corrected chi connectivity index (χ0v) is 19.9. The fraction of sp³-hybridized carbons (Fsp3) is 0.231. The lowest BCUT2D eigenvalue weighted by atomic mass is 10.0.